The molecule has 140 valence electrons. The maximum absolute atomic E-state index is 4.88. The first-order valence-corrected chi connectivity index (χ1v) is 9.09. The lowest BCUT2D eigenvalue weighted by atomic mass is 10.0. The molecule has 0 saturated heterocycles. The number of aryl methyl sites for hydroxylation is 1. The predicted octanol–water partition coefficient (Wildman–Crippen LogP) is 3.31. The molecule has 0 unspecified atom stereocenters. The standard InChI is InChI=1S/C21H21N7/c1-15-3-5-17(6-4-15)20-19(18-11-22-14-23-12-18)13-24-21(27-20)28(2)8-7-16-9-25-26-10-16/h3-6,9-14H,7-8H2,1-2H3,(H,25,26). The third kappa shape index (κ3) is 3.88. The average molecular weight is 371 g/mol. The van der Waals surface area contributed by atoms with E-state index in [-0.39, 0.29) is 0 Å². The van der Waals surface area contributed by atoms with E-state index in [1.54, 1.807) is 12.4 Å². The van der Waals surface area contributed by atoms with E-state index in [0.717, 1.165) is 40.9 Å². The summed E-state index contributed by atoms with van der Waals surface area (Å²) in [7, 11) is 2.00. The van der Waals surface area contributed by atoms with Gasteiger partial charge < -0.3 is 4.90 Å². The summed E-state index contributed by atoms with van der Waals surface area (Å²) in [6.45, 7) is 2.87. The maximum Gasteiger partial charge on any atom is 0.225 e. The van der Waals surface area contributed by atoms with Crippen molar-refractivity contribution in [2.75, 3.05) is 18.5 Å². The van der Waals surface area contributed by atoms with Gasteiger partial charge in [-0.25, -0.2) is 19.9 Å². The van der Waals surface area contributed by atoms with Crippen LogP contribution in [0.1, 0.15) is 11.1 Å². The number of hydrogen-bond acceptors (Lipinski definition) is 6. The number of likely N-dealkylation sites (N-methyl/N-ethyl adjacent to an activating group) is 1. The summed E-state index contributed by atoms with van der Waals surface area (Å²) in [6.07, 6.45) is 11.6. The molecule has 0 amide bonds. The van der Waals surface area contributed by atoms with Crippen molar-refractivity contribution in [1.82, 2.24) is 30.1 Å². The Kier molecular flexibility index (Phi) is 5.05. The van der Waals surface area contributed by atoms with E-state index < -0.39 is 0 Å². The highest BCUT2D eigenvalue weighted by Crippen LogP contribution is 2.30. The van der Waals surface area contributed by atoms with Gasteiger partial charge in [-0.15, -0.1) is 0 Å². The number of nitrogens with zero attached hydrogens (tertiary/aromatic N) is 6. The fourth-order valence-electron chi connectivity index (χ4n) is 2.95. The van der Waals surface area contributed by atoms with Crippen molar-refractivity contribution in [1.29, 1.82) is 0 Å². The van der Waals surface area contributed by atoms with Crippen LogP contribution in [0.25, 0.3) is 22.4 Å². The fourth-order valence-corrected chi connectivity index (χ4v) is 2.95. The Hall–Kier alpha value is -3.61. The van der Waals surface area contributed by atoms with Gasteiger partial charge in [-0.05, 0) is 18.9 Å². The lowest BCUT2D eigenvalue weighted by Crippen LogP contribution is -2.22. The van der Waals surface area contributed by atoms with Gasteiger partial charge in [0.05, 0.1) is 11.9 Å². The van der Waals surface area contributed by atoms with E-state index in [9.17, 15) is 0 Å². The van der Waals surface area contributed by atoms with E-state index in [4.69, 9.17) is 4.98 Å². The molecule has 0 fully saturated rings. The summed E-state index contributed by atoms with van der Waals surface area (Å²) >= 11 is 0. The first kappa shape index (κ1) is 17.8. The van der Waals surface area contributed by atoms with Gasteiger partial charge in [-0.1, -0.05) is 29.8 Å². The van der Waals surface area contributed by atoms with Gasteiger partial charge >= 0.3 is 0 Å². The SMILES string of the molecule is Cc1ccc(-c2nc(N(C)CCc3cn[nH]c3)ncc2-c2cncnc2)cc1. The Balaban J connectivity index is 1.69. The van der Waals surface area contributed by atoms with Crippen LogP contribution in [0.15, 0.2) is 61.6 Å². The first-order valence-electron chi connectivity index (χ1n) is 9.09. The van der Waals surface area contributed by atoms with Gasteiger partial charge in [0.1, 0.15) is 6.33 Å². The van der Waals surface area contributed by atoms with Crippen LogP contribution in [0.4, 0.5) is 5.95 Å². The molecule has 4 aromatic rings. The highest BCUT2D eigenvalue weighted by atomic mass is 15.2. The topological polar surface area (TPSA) is 83.5 Å². The number of hydrogen-bond donors (Lipinski definition) is 1. The zero-order chi connectivity index (χ0) is 19.3. The van der Waals surface area contributed by atoms with Gasteiger partial charge in [-0.2, -0.15) is 5.10 Å². The van der Waals surface area contributed by atoms with Crippen LogP contribution < -0.4 is 4.90 Å². The monoisotopic (exact) mass is 371 g/mol. The molecule has 0 aliphatic rings. The quantitative estimate of drug-likeness (QED) is 0.560. The van der Waals surface area contributed by atoms with Crippen molar-refractivity contribution in [2.45, 2.75) is 13.3 Å². The molecule has 0 aliphatic carbocycles. The van der Waals surface area contributed by atoms with E-state index in [1.807, 2.05) is 25.6 Å². The van der Waals surface area contributed by atoms with Crippen LogP contribution >= 0.6 is 0 Å². The number of H-pyrrole nitrogens is 1. The van der Waals surface area contributed by atoms with E-state index in [1.165, 1.54) is 11.9 Å². The molecule has 0 aliphatic heterocycles. The summed E-state index contributed by atoms with van der Waals surface area (Å²) in [5.74, 6) is 0.680. The molecule has 4 rings (SSSR count). The van der Waals surface area contributed by atoms with Crippen molar-refractivity contribution < 1.29 is 0 Å². The summed E-state index contributed by atoms with van der Waals surface area (Å²) in [5.41, 5.74) is 6.08. The van der Waals surface area contributed by atoms with Gasteiger partial charge in [-0.3, -0.25) is 5.10 Å². The maximum atomic E-state index is 4.88. The van der Waals surface area contributed by atoms with Gasteiger partial charge in [0.25, 0.3) is 0 Å². The summed E-state index contributed by atoms with van der Waals surface area (Å²) in [5, 5.41) is 6.83. The third-order valence-electron chi connectivity index (χ3n) is 4.60. The molecule has 0 spiro atoms. The lowest BCUT2D eigenvalue weighted by Gasteiger charge is -2.18. The summed E-state index contributed by atoms with van der Waals surface area (Å²) in [4.78, 5) is 19.8. The van der Waals surface area contributed by atoms with E-state index in [2.05, 4.69) is 61.2 Å². The average Bonchev–Trinajstić information content (AvgIpc) is 3.26. The highest BCUT2D eigenvalue weighted by Gasteiger charge is 2.14. The number of aromatic amines is 1. The number of nitrogens with one attached hydrogen (secondary N) is 1. The van der Waals surface area contributed by atoms with Crippen molar-refractivity contribution in [3.05, 3.63) is 72.7 Å². The molecule has 28 heavy (non-hydrogen) atoms. The van der Waals surface area contributed by atoms with Gasteiger partial charge in [0.2, 0.25) is 5.95 Å². The molecular formula is C21H21N7. The molecule has 3 heterocycles. The summed E-state index contributed by atoms with van der Waals surface area (Å²) < 4.78 is 0. The predicted molar refractivity (Wildman–Crippen MR) is 109 cm³/mol. The van der Waals surface area contributed by atoms with Gasteiger partial charge in [0.15, 0.2) is 0 Å². The minimum atomic E-state index is 0.680. The first-order chi connectivity index (χ1) is 13.7. The smallest absolute Gasteiger partial charge is 0.225 e. The molecule has 0 radical (unpaired) electrons. The molecule has 0 saturated carbocycles. The van der Waals surface area contributed by atoms with Crippen molar-refractivity contribution in [3.8, 4) is 22.4 Å². The Morgan fingerprint density at radius 3 is 2.46 bits per heavy atom. The second-order valence-corrected chi connectivity index (χ2v) is 6.70. The summed E-state index contributed by atoms with van der Waals surface area (Å²) in [6, 6.07) is 8.34. The molecular weight excluding hydrogens is 350 g/mol. The highest BCUT2D eigenvalue weighted by molar-refractivity contribution is 5.80. The van der Waals surface area contributed by atoms with Crippen LogP contribution in [-0.2, 0) is 6.42 Å². The van der Waals surface area contributed by atoms with Crippen LogP contribution in [0.5, 0.6) is 0 Å². The minimum absolute atomic E-state index is 0.680. The molecule has 7 nitrogen and oxygen atoms in total. The molecule has 3 aromatic heterocycles. The zero-order valence-electron chi connectivity index (χ0n) is 15.9. The second-order valence-electron chi connectivity index (χ2n) is 6.70. The molecule has 1 aromatic carbocycles. The molecule has 1 N–H and O–H groups in total. The Morgan fingerprint density at radius 1 is 0.964 bits per heavy atom. The van der Waals surface area contributed by atoms with Crippen LogP contribution in [0.3, 0.4) is 0 Å². The Morgan fingerprint density at radius 2 is 1.75 bits per heavy atom. The minimum Gasteiger partial charge on any atom is -0.344 e. The normalized spacial score (nSPS) is 10.8. The van der Waals surface area contributed by atoms with E-state index >= 15 is 0 Å². The Labute approximate surface area is 163 Å². The van der Waals surface area contributed by atoms with Crippen LogP contribution in [0, 0.1) is 6.92 Å². The third-order valence-corrected chi connectivity index (χ3v) is 4.60. The van der Waals surface area contributed by atoms with Crippen LogP contribution in [-0.4, -0.2) is 43.7 Å². The molecule has 0 bridgehead atoms. The van der Waals surface area contributed by atoms with Crippen molar-refractivity contribution in [3.63, 3.8) is 0 Å². The van der Waals surface area contributed by atoms with Crippen molar-refractivity contribution in [2.24, 2.45) is 0 Å². The fraction of sp³-hybridized carbons (Fsp3) is 0.190. The largest absolute Gasteiger partial charge is 0.344 e. The van der Waals surface area contributed by atoms with Crippen LogP contribution in [0.2, 0.25) is 0 Å². The number of anilines is 1. The molecule has 7 heteroatoms. The lowest BCUT2D eigenvalue weighted by molar-refractivity contribution is 0.839. The number of benzene rings is 1. The molecule has 0 atom stereocenters. The Bertz CT molecular complexity index is 1030. The van der Waals surface area contributed by atoms with Crippen molar-refractivity contribution >= 4 is 5.95 Å². The number of rotatable bonds is 6. The second kappa shape index (κ2) is 7.96. The zero-order valence-corrected chi connectivity index (χ0v) is 15.9. The number of aromatic nitrogens is 6. The van der Waals surface area contributed by atoms with Gasteiger partial charge in [0, 0.05) is 55.1 Å². The van der Waals surface area contributed by atoms with E-state index in [0.29, 0.717) is 5.95 Å².